The second-order valence-electron chi connectivity index (χ2n) is 2.79. The van der Waals surface area contributed by atoms with E-state index in [9.17, 15) is 26.3 Å². The lowest BCUT2D eigenvalue weighted by Gasteiger charge is -2.11. The normalized spacial score (nSPS) is 12.3. The second kappa shape index (κ2) is 3.71. The highest BCUT2D eigenvalue weighted by molar-refractivity contribution is 5.26. The molecule has 0 bridgehead atoms. The number of nitrogens with zero attached hydrogens (tertiary/aromatic N) is 1. The lowest BCUT2D eigenvalue weighted by molar-refractivity contribution is -0.138. The molecule has 0 amide bonds. The molecule has 0 atom stereocenters. The fourth-order valence-corrected chi connectivity index (χ4v) is 1.04. The smallest absolute Gasteiger partial charge is 0.248 e. The molecular formula is C8H5F6N. The highest BCUT2D eigenvalue weighted by Crippen LogP contribution is 2.33. The highest BCUT2D eigenvalue weighted by atomic mass is 19.4. The van der Waals surface area contributed by atoms with Gasteiger partial charge in [0.05, 0.1) is 11.3 Å². The van der Waals surface area contributed by atoms with E-state index in [2.05, 4.69) is 4.98 Å². The topological polar surface area (TPSA) is 12.9 Å². The Morgan fingerprint density at radius 2 is 1.80 bits per heavy atom. The van der Waals surface area contributed by atoms with Crippen LogP contribution in [0.4, 0.5) is 26.3 Å². The van der Waals surface area contributed by atoms with E-state index in [4.69, 9.17) is 0 Å². The summed E-state index contributed by atoms with van der Waals surface area (Å²) < 4.78 is 73.4. The Kier molecular flexibility index (Phi) is 2.92. The van der Waals surface area contributed by atoms with Crippen LogP contribution in [0, 0.1) is 12.7 Å². The minimum Gasteiger partial charge on any atom is -0.248 e. The summed E-state index contributed by atoms with van der Waals surface area (Å²) in [5.74, 6) is -1.65. The van der Waals surface area contributed by atoms with Gasteiger partial charge in [-0.2, -0.15) is 13.2 Å². The van der Waals surface area contributed by atoms with Crippen LogP contribution in [0.2, 0.25) is 0 Å². The third-order valence-corrected chi connectivity index (χ3v) is 1.71. The van der Waals surface area contributed by atoms with E-state index >= 15 is 0 Å². The molecule has 0 radical (unpaired) electrons. The first-order valence-corrected chi connectivity index (χ1v) is 3.76. The summed E-state index contributed by atoms with van der Waals surface area (Å²) >= 11 is 0. The molecule has 1 aromatic rings. The monoisotopic (exact) mass is 229 g/mol. The van der Waals surface area contributed by atoms with Gasteiger partial charge in [0.1, 0.15) is 5.69 Å². The first-order chi connectivity index (χ1) is 6.73. The fourth-order valence-electron chi connectivity index (χ4n) is 1.04. The Balaban J connectivity index is 3.32. The van der Waals surface area contributed by atoms with E-state index in [1.54, 1.807) is 0 Å². The van der Waals surface area contributed by atoms with Crippen molar-refractivity contribution < 1.29 is 26.3 Å². The van der Waals surface area contributed by atoms with Gasteiger partial charge in [-0.15, -0.1) is 0 Å². The Hall–Kier alpha value is -1.27. The molecule has 0 spiro atoms. The van der Waals surface area contributed by atoms with Crippen LogP contribution in [0.15, 0.2) is 6.07 Å². The Bertz CT molecular complexity index is 370. The van der Waals surface area contributed by atoms with Gasteiger partial charge in [0.2, 0.25) is 0 Å². The first kappa shape index (κ1) is 11.8. The first-order valence-electron chi connectivity index (χ1n) is 3.76. The molecule has 0 fully saturated rings. The summed E-state index contributed by atoms with van der Waals surface area (Å²) in [7, 11) is 0. The fraction of sp³-hybridized carbons (Fsp3) is 0.375. The van der Waals surface area contributed by atoms with Crippen LogP contribution < -0.4 is 0 Å². The number of rotatable bonds is 1. The summed E-state index contributed by atoms with van der Waals surface area (Å²) in [5.41, 5.74) is -3.27. The average molecular weight is 229 g/mol. The molecule has 1 rings (SSSR count). The minimum atomic E-state index is -4.79. The van der Waals surface area contributed by atoms with Gasteiger partial charge >= 0.3 is 6.18 Å². The maximum absolute atomic E-state index is 12.8. The third kappa shape index (κ3) is 2.40. The number of aromatic nitrogens is 1. The van der Waals surface area contributed by atoms with E-state index in [1.165, 1.54) is 0 Å². The molecule has 0 unspecified atom stereocenters. The number of halogens is 6. The molecule has 0 aliphatic heterocycles. The molecule has 1 aromatic heterocycles. The molecule has 15 heavy (non-hydrogen) atoms. The zero-order valence-corrected chi connectivity index (χ0v) is 7.37. The summed E-state index contributed by atoms with van der Waals surface area (Å²) in [4.78, 5) is 2.89. The zero-order valence-electron chi connectivity index (χ0n) is 7.37. The maximum Gasteiger partial charge on any atom is 0.418 e. The van der Waals surface area contributed by atoms with Crippen molar-refractivity contribution in [3.63, 3.8) is 0 Å². The van der Waals surface area contributed by atoms with E-state index in [1.807, 2.05) is 0 Å². The van der Waals surface area contributed by atoms with Gasteiger partial charge in [-0.05, 0) is 13.0 Å². The van der Waals surface area contributed by atoms with Crippen molar-refractivity contribution in [2.45, 2.75) is 19.5 Å². The second-order valence-corrected chi connectivity index (χ2v) is 2.79. The van der Waals surface area contributed by atoms with Gasteiger partial charge in [-0.3, -0.25) is 0 Å². The number of alkyl halides is 5. The molecule has 0 saturated heterocycles. The van der Waals surface area contributed by atoms with Gasteiger partial charge in [0.25, 0.3) is 6.43 Å². The molecule has 0 saturated carbocycles. The van der Waals surface area contributed by atoms with Crippen LogP contribution in [0.1, 0.15) is 23.4 Å². The van der Waals surface area contributed by atoms with Crippen LogP contribution in [0.3, 0.4) is 0 Å². The molecule has 84 valence electrons. The van der Waals surface area contributed by atoms with E-state index in [0.717, 1.165) is 6.92 Å². The Morgan fingerprint density at radius 3 is 2.20 bits per heavy atom. The van der Waals surface area contributed by atoms with Gasteiger partial charge in [0.15, 0.2) is 5.82 Å². The molecule has 1 heterocycles. The van der Waals surface area contributed by atoms with Crippen molar-refractivity contribution in [1.29, 1.82) is 0 Å². The minimum absolute atomic E-state index is 0.0316. The summed E-state index contributed by atoms with van der Waals surface area (Å²) in [6.45, 7) is 0.897. The highest BCUT2D eigenvalue weighted by Gasteiger charge is 2.35. The summed E-state index contributed by atoms with van der Waals surface area (Å²) in [6, 6.07) is 0.0316. The SMILES string of the molecule is Cc1nc(C(F)F)c(F)cc1C(F)(F)F. The summed E-state index contributed by atoms with van der Waals surface area (Å²) in [5, 5.41) is 0. The van der Waals surface area contributed by atoms with E-state index in [-0.39, 0.29) is 6.07 Å². The number of hydrogen-bond donors (Lipinski definition) is 0. The van der Waals surface area contributed by atoms with Crippen molar-refractivity contribution in [2.75, 3.05) is 0 Å². The number of aryl methyl sites for hydroxylation is 1. The average Bonchev–Trinajstić information content (AvgIpc) is 2.06. The predicted octanol–water partition coefficient (Wildman–Crippen LogP) is 3.49. The molecule has 0 aromatic carbocycles. The zero-order chi connectivity index (χ0) is 11.8. The van der Waals surface area contributed by atoms with Crippen LogP contribution in [0.5, 0.6) is 0 Å². The Morgan fingerprint density at radius 1 is 1.27 bits per heavy atom. The van der Waals surface area contributed by atoms with Gasteiger partial charge < -0.3 is 0 Å². The lowest BCUT2D eigenvalue weighted by atomic mass is 10.1. The van der Waals surface area contributed by atoms with Gasteiger partial charge in [-0.1, -0.05) is 0 Å². The number of hydrogen-bond acceptors (Lipinski definition) is 1. The third-order valence-electron chi connectivity index (χ3n) is 1.71. The standard InChI is InChI=1S/C8H5F6N/c1-3-4(8(12,13)14)2-5(9)6(15-3)7(10)11/h2,7H,1H3. The maximum atomic E-state index is 12.8. The van der Waals surface area contributed by atoms with Crippen molar-refractivity contribution in [3.05, 3.63) is 28.8 Å². The lowest BCUT2D eigenvalue weighted by Crippen LogP contribution is -2.11. The van der Waals surface area contributed by atoms with Crippen molar-refractivity contribution in [2.24, 2.45) is 0 Å². The number of pyridine rings is 1. The van der Waals surface area contributed by atoms with Crippen LogP contribution in [0.25, 0.3) is 0 Å². The van der Waals surface area contributed by atoms with Crippen LogP contribution in [-0.4, -0.2) is 4.98 Å². The van der Waals surface area contributed by atoms with Crippen molar-refractivity contribution in [3.8, 4) is 0 Å². The molecule has 7 heteroatoms. The van der Waals surface area contributed by atoms with Crippen LogP contribution in [-0.2, 0) is 6.18 Å². The van der Waals surface area contributed by atoms with Gasteiger partial charge in [-0.25, -0.2) is 18.2 Å². The van der Waals surface area contributed by atoms with Gasteiger partial charge in [0, 0.05) is 0 Å². The summed E-state index contributed by atoms with van der Waals surface area (Å²) in [6.07, 6.45) is -8.02. The van der Waals surface area contributed by atoms with Crippen LogP contribution >= 0.6 is 0 Å². The predicted molar refractivity (Wildman–Crippen MR) is 38.9 cm³/mol. The van der Waals surface area contributed by atoms with Crippen molar-refractivity contribution >= 4 is 0 Å². The quantitative estimate of drug-likeness (QED) is 0.671. The molecule has 0 N–H and O–H groups in total. The largest absolute Gasteiger partial charge is 0.418 e. The molecular weight excluding hydrogens is 224 g/mol. The Labute approximate surface area is 80.7 Å². The van der Waals surface area contributed by atoms with E-state index in [0.29, 0.717) is 0 Å². The molecule has 1 nitrogen and oxygen atoms in total. The molecule has 0 aliphatic rings. The molecule has 0 aliphatic carbocycles. The van der Waals surface area contributed by atoms with E-state index < -0.39 is 35.4 Å². The van der Waals surface area contributed by atoms with Crippen molar-refractivity contribution in [1.82, 2.24) is 4.98 Å².